The van der Waals surface area contributed by atoms with Gasteiger partial charge in [-0.15, -0.1) is 0 Å². The summed E-state index contributed by atoms with van der Waals surface area (Å²) in [6, 6.07) is 0. The Bertz CT molecular complexity index is 192. The lowest BCUT2D eigenvalue weighted by Crippen LogP contribution is -2.03. The van der Waals surface area contributed by atoms with Gasteiger partial charge in [-0.1, -0.05) is 18.2 Å². The molecule has 56 valence electrons. The Balaban J connectivity index is 4.22. The highest BCUT2D eigenvalue weighted by molar-refractivity contribution is 6.71. The molecule has 0 aliphatic heterocycles. The van der Waals surface area contributed by atoms with E-state index in [1.165, 1.54) is 0 Å². The maximum atomic E-state index is 5.32. The average molecular weight is 200 g/mol. The van der Waals surface area contributed by atoms with Crippen LogP contribution in [-0.2, 0) is 0 Å². The molecule has 6 heteroatoms. The minimum Gasteiger partial charge on any atom is -0.374 e. The topological polar surface area (TPSA) is 50.7 Å². The number of nitrogens with zero attached hydrogens (tertiary/aromatic N) is 2. The van der Waals surface area contributed by atoms with Gasteiger partial charge in [-0.25, -0.2) is 4.99 Å². The molecule has 0 saturated carbocycles. The summed E-state index contributed by atoms with van der Waals surface area (Å²) >= 11 is 15.7. The average Bonchev–Trinajstić information content (AvgIpc) is 1.58. The second-order valence-corrected chi connectivity index (χ2v) is 2.35. The first kappa shape index (κ1) is 9.75. The van der Waals surface area contributed by atoms with Crippen molar-refractivity contribution in [1.29, 1.82) is 0 Å². The maximum Gasteiger partial charge on any atom is 0.226 e. The Labute approximate surface area is 73.2 Å². The molecule has 2 N–H and O–H groups in total. The molecule has 0 spiro atoms. The summed E-state index contributed by atoms with van der Waals surface area (Å²) in [6.45, 7) is 3.24. The van der Waals surface area contributed by atoms with Gasteiger partial charge in [0.05, 0.1) is 0 Å². The van der Waals surface area contributed by atoms with Crippen LogP contribution in [-0.4, -0.2) is 10.6 Å². The van der Waals surface area contributed by atoms with Crippen LogP contribution in [0, 0.1) is 0 Å². The lowest BCUT2D eigenvalue weighted by molar-refractivity contribution is 1.50. The summed E-state index contributed by atoms with van der Waals surface area (Å²) in [6.07, 6.45) is 0. The molecule has 0 aromatic heterocycles. The number of aliphatic imine (C=N–C) groups is 2. The number of amidine groups is 2. The summed E-state index contributed by atoms with van der Waals surface area (Å²) in [5, 5.41) is -0.328. The van der Waals surface area contributed by atoms with Crippen LogP contribution < -0.4 is 5.73 Å². The first-order valence-corrected chi connectivity index (χ1v) is 3.24. The van der Waals surface area contributed by atoms with Gasteiger partial charge in [-0.2, -0.15) is 4.99 Å². The normalized spacial score (nSPS) is 13.5. The molecular formula is C4H4Cl3N3. The van der Waals surface area contributed by atoms with Crippen molar-refractivity contribution < 1.29 is 0 Å². The third-order valence-electron chi connectivity index (χ3n) is 0.413. The van der Waals surface area contributed by atoms with Crippen molar-refractivity contribution in [3.8, 4) is 0 Å². The van der Waals surface area contributed by atoms with Crippen molar-refractivity contribution in [2.45, 2.75) is 0 Å². The fraction of sp³-hybridized carbons (Fsp3) is 0. The van der Waals surface area contributed by atoms with Gasteiger partial charge in [0.1, 0.15) is 5.16 Å². The second-order valence-electron chi connectivity index (χ2n) is 1.19. The summed E-state index contributed by atoms with van der Waals surface area (Å²) < 4.78 is 0. The number of halogens is 3. The molecule has 0 radical (unpaired) electrons. The van der Waals surface area contributed by atoms with E-state index in [9.17, 15) is 0 Å². The smallest absolute Gasteiger partial charge is 0.226 e. The second kappa shape index (κ2) is 4.55. The fourth-order valence-corrected chi connectivity index (χ4v) is 0.653. The lowest BCUT2D eigenvalue weighted by Gasteiger charge is -1.87. The predicted octanol–water partition coefficient (Wildman–Crippen LogP) is 1.84. The number of hydrogen-bond acceptors (Lipinski definition) is 1. The standard InChI is InChI=1S/C4H4Cl3N3/c1-2(5)9-4(7)10-3(6)8/h1H2,(H2,8,9,10). The summed E-state index contributed by atoms with van der Waals surface area (Å²) in [5.41, 5.74) is 4.95. The molecule has 3 nitrogen and oxygen atoms in total. The van der Waals surface area contributed by atoms with Crippen LogP contribution in [0.15, 0.2) is 21.7 Å². The van der Waals surface area contributed by atoms with Crippen LogP contribution in [0.4, 0.5) is 0 Å². The van der Waals surface area contributed by atoms with Crippen LogP contribution in [0.5, 0.6) is 0 Å². The van der Waals surface area contributed by atoms with E-state index in [1.807, 2.05) is 0 Å². The van der Waals surface area contributed by atoms with Crippen LogP contribution >= 0.6 is 34.8 Å². The quantitative estimate of drug-likeness (QED) is 0.392. The van der Waals surface area contributed by atoms with Crippen molar-refractivity contribution in [1.82, 2.24) is 0 Å². The highest BCUT2D eigenvalue weighted by Gasteiger charge is 1.90. The maximum absolute atomic E-state index is 5.32. The summed E-state index contributed by atoms with van der Waals surface area (Å²) in [7, 11) is 0. The Morgan fingerprint density at radius 3 is 2.00 bits per heavy atom. The molecule has 0 bridgehead atoms. The van der Waals surface area contributed by atoms with Gasteiger partial charge in [0.2, 0.25) is 5.29 Å². The van der Waals surface area contributed by atoms with Crippen molar-refractivity contribution in [2.24, 2.45) is 15.7 Å². The SMILES string of the molecule is C=C(Cl)/N=C(Cl)\N=C(/N)Cl. The molecule has 0 aromatic rings. The van der Waals surface area contributed by atoms with E-state index in [2.05, 4.69) is 16.6 Å². The lowest BCUT2D eigenvalue weighted by atomic mass is 11.0. The van der Waals surface area contributed by atoms with Gasteiger partial charge in [-0.3, -0.25) is 0 Å². The first-order valence-electron chi connectivity index (χ1n) is 2.10. The number of rotatable bonds is 1. The van der Waals surface area contributed by atoms with E-state index in [-0.39, 0.29) is 15.7 Å². The van der Waals surface area contributed by atoms with E-state index in [1.54, 1.807) is 0 Å². The molecule has 0 saturated heterocycles. The molecule has 0 aromatic carbocycles. The third-order valence-corrected chi connectivity index (χ3v) is 0.751. The Hall–Kier alpha value is -0.250. The molecule has 0 amide bonds. The highest BCUT2D eigenvalue weighted by Crippen LogP contribution is 2.01. The minimum absolute atomic E-state index is 0.0201. The van der Waals surface area contributed by atoms with E-state index in [4.69, 9.17) is 40.5 Å². The molecule has 0 aliphatic rings. The molecule has 0 rings (SSSR count). The molecular weight excluding hydrogens is 196 g/mol. The Morgan fingerprint density at radius 2 is 1.70 bits per heavy atom. The monoisotopic (exact) mass is 199 g/mol. The third kappa shape index (κ3) is 5.88. The van der Waals surface area contributed by atoms with Crippen LogP contribution in [0.1, 0.15) is 0 Å². The van der Waals surface area contributed by atoms with E-state index < -0.39 is 0 Å². The number of hydrogen-bond donors (Lipinski definition) is 1. The molecule has 0 heterocycles. The van der Waals surface area contributed by atoms with E-state index >= 15 is 0 Å². The zero-order valence-electron chi connectivity index (χ0n) is 4.81. The van der Waals surface area contributed by atoms with Gasteiger partial charge in [0, 0.05) is 0 Å². The molecule has 0 unspecified atom stereocenters. The number of nitrogens with two attached hydrogens (primary N) is 1. The minimum atomic E-state index is -0.202. The van der Waals surface area contributed by atoms with E-state index in [0.717, 1.165) is 0 Å². The van der Waals surface area contributed by atoms with E-state index in [0.29, 0.717) is 0 Å². The van der Waals surface area contributed by atoms with Crippen molar-refractivity contribution in [3.05, 3.63) is 11.7 Å². The Morgan fingerprint density at radius 1 is 1.20 bits per heavy atom. The van der Waals surface area contributed by atoms with Gasteiger partial charge in [0.25, 0.3) is 0 Å². The molecule has 0 fully saturated rings. The predicted molar refractivity (Wildman–Crippen MR) is 45.8 cm³/mol. The van der Waals surface area contributed by atoms with Gasteiger partial charge in [-0.05, 0) is 23.2 Å². The van der Waals surface area contributed by atoms with Crippen LogP contribution in [0.2, 0.25) is 0 Å². The molecule has 0 aliphatic carbocycles. The van der Waals surface area contributed by atoms with Crippen molar-refractivity contribution in [3.63, 3.8) is 0 Å². The first-order chi connectivity index (χ1) is 4.52. The fourth-order valence-electron chi connectivity index (χ4n) is 0.213. The zero-order valence-corrected chi connectivity index (χ0v) is 7.08. The summed E-state index contributed by atoms with van der Waals surface area (Å²) in [4.78, 5) is 6.77. The summed E-state index contributed by atoms with van der Waals surface area (Å²) in [5.74, 6) is 0. The van der Waals surface area contributed by atoms with Gasteiger partial charge in [0.15, 0.2) is 5.29 Å². The van der Waals surface area contributed by atoms with Crippen molar-refractivity contribution in [2.75, 3.05) is 0 Å². The Kier molecular flexibility index (Phi) is 4.43. The molecule has 0 atom stereocenters. The highest BCUT2D eigenvalue weighted by atomic mass is 35.5. The molecule has 10 heavy (non-hydrogen) atoms. The largest absolute Gasteiger partial charge is 0.374 e. The van der Waals surface area contributed by atoms with Gasteiger partial charge < -0.3 is 5.73 Å². The van der Waals surface area contributed by atoms with Crippen molar-refractivity contribution >= 4 is 45.4 Å². The van der Waals surface area contributed by atoms with Crippen LogP contribution in [0.25, 0.3) is 0 Å². The van der Waals surface area contributed by atoms with Gasteiger partial charge >= 0.3 is 0 Å². The zero-order chi connectivity index (χ0) is 8.15. The van der Waals surface area contributed by atoms with Crippen LogP contribution in [0.3, 0.4) is 0 Å².